The van der Waals surface area contributed by atoms with E-state index in [0.717, 1.165) is 13.1 Å². The highest BCUT2D eigenvalue weighted by Crippen LogP contribution is 2.25. The van der Waals surface area contributed by atoms with Crippen molar-refractivity contribution in [2.75, 3.05) is 39.0 Å². The summed E-state index contributed by atoms with van der Waals surface area (Å²) in [6, 6.07) is 3.21. The molecule has 1 unspecified atom stereocenters. The molecule has 0 radical (unpaired) electrons. The van der Waals surface area contributed by atoms with Gasteiger partial charge in [-0.1, -0.05) is 0 Å². The van der Waals surface area contributed by atoms with Gasteiger partial charge in [-0.05, 0) is 26.1 Å². The van der Waals surface area contributed by atoms with Crippen molar-refractivity contribution in [3.63, 3.8) is 0 Å². The summed E-state index contributed by atoms with van der Waals surface area (Å²) in [4.78, 5) is 6.45. The van der Waals surface area contributed by atoms with Crippen LogP contribution in [0, 0.1) is 0 Å². The predicted octanol–water partition coefficient (Wildman–Crippen LogP) is 0.448. The Morgan fingerprint density at radius 1 is 1.42 bits per heavy atom. The highest BCUT2D eigenvalue weighted by molar-refractivity contribution is 7.89. The lowest BCUT2D eigenvalue weighted by Gasteiger charge is -2.37. The molecule has 0 aromatic carbocycles. The maximum absolute atomic E-state index is 12.7. The second kappa shape index (κ2) is 5.44. The second-order valence-electron chi connectivity index (χ2n) is 4.83. The van der Waals surface area contributed by atoms with Crippen LogP contribution in [0.5, 0.6) is 0 Å². The molecule has 0 bridgehead atoms. The molecule has 1 aromatic rings. The van der Waals surface area contributed by atoms with Crippen molar-refractivity contribution in [3.05, 3.63) is 18.3 Å². The van der Waals surface area contributed by atoms with Crippen LogP contribution in [0.4, 0.5) is 5.82 Å². The molecular formula is C12H20N4O2S. The van der Waals surface area contributed by atoms with Crippen molar-refractivity contribution < 1.29 is 8.42 Å². The van der Waals surface area contributed by atoms with E-state index in [2.05, 4.69) is 15.2 Å². The van der Waals surface area contributed by atoms with Crippen molar-refractivity contribution in [1.82, 2.24) is 14.2 Å². The minimum absolute atomic E-state index is 0.0336. The van der Waals surface area contributed by atoms with Crippen LogP contribution in [0.15, 0.2) is 23.2 Å². The summed E-state index contributed by atoms with van der Waals surface area (Å²) >= 11 is 0. The number of aromatic nitrogens is 1. The zero-order valence-corrected chi connectivity index (χ0v) is 12.3. The molecule has 106 valence electrons. The third-order valence-corrected chi connectivity index (χ3v) is 5.41. The lowest BCUT2D eigenvalue weighted by atomic mass is 10.2. The summed E-state index contributed by atoms with van der Waals surface area (Å²) in [5, 5.41) is 2.84. The van der Waals surface area contributed by atoms with Gasteiger partial charge in [-0.25, -0.2) is 13.4 Å². The zero-order valence-electron chi connectivity index (χ0n) is 11.5. The number of nitrogens with one attached hydrogen (secondary N) is 1. The molecule has 1 aliphatic rings. The van der Waals surface area contributed by atoms with E-state index in [1.807, 2.05) is 14.0 Å². The monoisotopic (exact) mass is 284 g/mol. The molecule has 1 aliphatic heterocycles. The van der Waals surface area contributed by atoms with Crippen LogP contribution >= 0.6 is 0 Å². The van der Waals surface area contributed by atoms with Crippen molar-refractivity contribution in [2.45, 2.75) is 17.9 Å². The number of rotatable bonds is 3. The van der Waals surface area contributed by atoms with Crippen molar-refractivity contribution >= 4 is 15.8 Å². The molecule has 1 N–H and O–H groups in total. The number of nitrogens with zero attached hydrogens (tertiary/aromatic N) is 3. The Hall–Kier alpha value is -1.18. The average molecular weight is 284 g/mol. The summed E-state index contributed by atoms with van der Waals surface area (Å²) in [6.45, 7) is 3.94. The highest BCUT2D eigenvalue weighted by Gasteiger charge is 2.34. The average Bonchev–Trinajstić information content (AvgIpc) is 2.38. The third kappa shape index (κ3) is 2.72. The molecule has 19 heavy (non-hydrogen) atoms. The fourth-order valence-electron chi connectivity index (χ4n) is 2.39. The number of pyridine rings is 1. The first-order chi connectivity index (χ1) is 8.96. The maximum Gasteiger partial charge on any atom is 0.247 e. The Labute approximate surface area is 114 Å². The lowest BCUT2D eigenvalue weighted by molar-refractivity contribution is 0.170. The lowest BCUT2D eigenvalue weighted by Crippen LogP contribution is -2.52. The molecule has 1 fully saturated rings. The molecule has 0 saturated carbocycles. The molecule has 0 amide bonds. The molecule has 2 heterocycles. The molecule has 7 heteroatoms. The fraction of sp³-hybridized carbons (Fsp3) is 0.583. The molecule has 1 aromatic heterocycles. The Morgan fingerprint density at radius 2 is 2.16 bits per heavy atom. The fourth-order valence-corrected chi connectivity index (χ4v) is 4.16. The summed E-state index contributed by atoms with van der Waals surface area (Å²) in [6.07, 6.45) is 1.58. The van der Waals surface area contributed by atoms with Crippen LogP contribution < -0.4 is 5.32 Å². The van der Waals surface area contributed by atoms with Gasteiger partial charge in [0, 0.05) is 38.9 Å². The van der Waals surface area contributed by atoms with E-state index in [0.29, 0.717) is 12.4 Å². The number of sulfonamides is 1. The molecule has 0 aliphatic carbocycles. The van der Waals surface area contributed by atoms with Crippen molar-refractivity contribution in [2.24, 2.45) is 0 Å². The van der Waals surface area contributed by atoms with Crippen LogP contribution in [-0.4, -0.2) is 62.4 Å². The Bertz CT molecular complexity index is 546. The first-order valence-corrected chi connectivity index (χ1v) is 7.74. The summed E-state index contributed by atoms with van der Waals surface area (Å²) in [5.41, 5.74) is 0. The highest BCUT2D eigenvalue weighted by atomic mass is 32.2. The van der Waals surface area contributed by atoms with Gasteiger partial charge in [0.15, 0.2) is 0 Å². The van der Waals surface area contributed by atoms with Gasteiger partial charge < -0.3 is 10.2 Å². The van der Waals surface area contributed by atoms with Crippen LogP contribution in [-0.2, 0) is 10.0 Å². The molecular weight excluding hydrogens is 264 g/mol. The number of hydrogen-bond donors (Lipinski definition) is 1. The first kappa shape index (κ1) is 14.2. The molecule has 1 atom stereocenters. The van der Waals surface area contributed by atoms with Gasteiger partial charge in [-0.2, -0.15) is 4.31 Å². The van der Waals surface area contributed by atoms with Gasteiger partial charge in [0.05, 0.1) is 0 Å². The van der Waals surface area contributed by atoms with Gasteiger partial charge >= 0.3 is 0 Å². The minimum atomic E-state index is -3.50. The Kier molecular flexibility index (Phi) is 4.07. The smallest absolute Gasteiger partial charge is 0.247 e. The van der Waals surface area contributed by atoms with E-state index in [4.69, 9.17) is 0 Å². The third-order valence-electron chi connectivity index (χ3n) is 3.36. The van der Waals surface area contributed by atoms with Gasteiger partial charge in [-0.3, -0.25) is 0 Å². The van der Waals surface area contributed by atoms with E-state index < -0.39 is 10.0 Å². The van der Waals surface area contributed by atoms with Gasteiger partial charge in [0.2, 0.25) is 10.0 Å². The summed E-state index contributed by atoms with van der Waals surface area (Å²) < 4.78 is 27.0. The number of hydrogen-bond acceptors (Lipinski definition) is 5. The molecule has 1 saturated heterocycles. The molecule has 2 rings (SSSR count). The Balaban J connectivity index is 2.37. The van der Waals surface area contributed by atoms with Crippen LogP contribution in [0.3, 0.4) is 0 Å². The first-order valence-electron chi connectivity index (χ1n) is 6.30. The largest absolute Gasteiger partial charge is 0.372 e. The van der Waals surface area contributed by atoms with E-state index >= 15 is 0 Å². The number of piperazine rings is 1. The van der Waals surface area contributed by atoms with Crippen LogP contribution in [0.1, 0.15) is 6.92 Å². The van der Waals surface area contributed by atoms with E-state index in [1.165, 1.54) is 0 Å². The van der Waals surface area contributed by atoms with Gasteiger partial charge in [0.1, 0.15) is 10.7 Å². The quantitative estimate of drug-likeness (QED) is 0.873. The summed E-state index contributed by atoms with van der Waals surface area (Å²) in [7, 11) is 0.183. The van der Waals surface area contributed by atoms with E-state index in [1.54, 1.807) is 29.7 Å². The van der Waals surface area contributed by atoms with Crippen molar-refractivity contribution in [1.29, 1.82) is 0 Å². The summed E-state index contributed by atoms with van der Waals surface area (Å²) in [5.74, 6) is 0.397. The zero-order chi connectivity index (χ0) is 14.0. The number of likely N-dealkylation sites (N-methyl/N-ethyl adjacent to an activating group) is 1. The minimum Gasteiger partial charge on any atom is -0.372 e. The SMILES string of the molecule is CNc1ncccc1S(=O)(=O)N1CCN(C)CC1C. The standard InChI is InChI=1S/C12H20N4O2S/c1-10-9-15(3)7-8-16(10)19(17,18)11-5-4-6-14-12(11)13-2/h4-6,10H,7-9H2,1-3H3,(H,13,14). The predicted molar refractivity (Wildman–Crippen MR) is 74.6 cm³/mol. The molecule has 0 spiro atoms. The van der Waals surface area contributed by atoms with E-state index in [9.17, 15) is 8.42 Å². The van der Waals surface area contributed by atoms with E-state index in [-0.39, 0.29) is 10.9 Å². The number of anilines is 1. The van der Waals surface area contributed by atoms with Crippen molar-refractivity contribution in [3.8, 4) is 0 Å². The van der Waals surface area contributed by atoms with Gasteiger partial charge in [0.25, 0.3) is 0 Å². The van der Waals surface area contributed by atoms with Crippen LogP contribution in [0.2, 0.25) is 0 Å². The normalized spacial score (nSPS) is 22.4. The molecule has 6 nitrogen and oxygen atoms in total. The van der Waals surface area contributed by atoms with Gasteiger partial charge in [-0.15, -0.1) is 0 Å². The topological polar surface area (TPSA) is 65.5 Å². The maximum atomic E-state index is 12.7. The van der Waals surface area contributed by atoms with Crippen LogP contribution in [0.25, 0.3) is 0 Å². The Morgan fingerprint density at radius 3 is 2.79 bits per heavy atom. The second-order valence-corrected chi connectivity index (χ2v) is 6.69.